The molecule has 0 aromatic heterocycles. The second-order valence-corrected chi connectivity index (χ2v) is 4.86. The number of esters is 1. The molecule has 0 radical (unpaired) electrons. The van der Waals surface area contributed by atoms with Crippen LogP contribution in [-0.2, 0) is 16.1 Å². The number of para-hydroxylation sites is 1. The van der Waals surface area contributed by atoms with Gasteiger partial charge in [0.15, 0.2) is 0 Å². The second-order valence-electron chi connectivity index (χ2n) is 4.86. The smallest absolute Gasteiger partial charge is 0.331 e. The first-order valence-electron chi connectivity index (χ1n) is 7.36. The molecule has 0 aliphatic heterocycles. The molecule has 24 heavy (non-hydrogen) atoms. The van der Waals surface area contributed by atoms with Crippen LogP contribution in [-0.4, -0.2) is 27.3 Å². The molecule has 0 aliphatic carbocycles. The van der Waals surface area contributed by atoms with E-state index in [0.29, 0.717) is 17.2 Å². The van der Waals surface area contributed by atoms with Crippen molar-refractivity contribution in [3.05, 3.63) is 59.7 Å². The summed E-state index contributed by atoms with van der Waals surface area (Å²) in [6.07, 6.45) is 3.00. The van der Waals surface area contributed by atoms with Crippen molar-refractivity contribution in [1.29, 1.82) is 0 Å². The van der Waals surface area contributed by atoms with E-state index in [2.05, 4.69) is 0 Å². The lowest BCUT2D eigenvalue weighted by molar-refractivity contribution is -0.138. The first kappa shape index (κ1) is 17.4. The van der Waals surface area contributed by atoms with Crippen molar-refractivity contribution in [2.75, 3.05) is 21.3 Å². The van der Waals surface area contributed by atoms with Crippen molar-refractivity contribution in [2.24, 2.45) is 0 Å². The highest BCUT2D eigenvalue weighted by Crippen LogP contribution is 2.25. The summed E-state index contributed by atoms with van der Waals surface area (Å²) in [7, 11) is 4.72. The van der Waals surface area contributed by atoms with Crippen LogP contribution in [0.5, 0.6) is 17.2 Å². The summed E-state index contributed by atoms with van der Waals surface area (Å²) in [5, 5.41) is 0. The minimum Gasteiger partial charge on any atom is -0.497 e. The Kier molecular flexibility index (Phi) is 6.25. The third-order valence-corrected chi connectivity index (χ3v) is 3.40. The Bertz CT molecular complexity index is 721. The van der Waals surface area contributed by atoms with E-state index in [0.717, 1.165) is 11.1 Å². The Morgan fingerprint density at radius 1 is 0.958 bits per heavy atom. The van der Waals surface area contributed by atoms with Crippen LogP contribution in [0.15, 0.2) is 48.5 Å². The molecule has 2 aromatic carbocycles. The molecule has 0 amide bonds. The van der Waals surface area contributed by atoms with Gasteiger partial charge in [0, 0.05) is 23.3 Å². The van der Waals surface area contributed by atoms with Crippen molar-refractivity contribution >= 4 is 12.0 Å². The average Bonchev–Trinajstić information content (AvgIpc) is 2.64. The Morgan fingerprint density at radius 3 is 2.42 bits per heavy atom. The van der Waals surface area contributed by atoms with Crippen LogP contribution in [0.25, 0.3) is 6.08 Å². The van der Waals surface area contributed by atoms with E-state index in [4.69, 9.17) is 18.9 Å². The summed E-state index contributed by atoms with van der Waals surface area (Å²) < 4.78 is 20.9. The molecule has 0 bridgehead atoms. The maximum atomic E-state index is 11.9. The summed E-state index contributed by atoms with van der Waals surface area (Å²) in [6, 6.07) is 12.7. The lowest BCUT2D eigenvalue weighted by Gasteiger charge is -2.08. The van der Waals surface area contributed by atoms with Crippen LogP contribution in [0.3, 0.4) is 0 Å². The van der Waals surface area contributed by atoms with Gasteiger partial charge in [0.25, 0.3) is 0 Å². The van der Waals surface area contributed by atoms with Gasteiger partial charge in [0.05, 0.1) is 21.3 Å². The number of carbonyl (C=O) groups is 1. The van der Waals surface area contributed by atoms with Gasteiger partial charge in [-0.2, -0.15) is 0 Å². The summed E-state index contributed by atoms with van der Waals surface area (Å²) in [4.78, 5) is 11.9. The highest BCUT2D eigenvalue weighted by atomic mass is 16.5. The maximum absolute atomic E-state index is 11.9. The molecular weight excluding hydrogens is 308 g/mol. The molecule has 0 spiro atoms. The summed E-state index contributed by atoms with van der Waals surface area (Å²) in [5.41, 5.74) is 1.57. The normalized spacial score (nSPS) is 10.5. The van der Waals surface area contributed by atoms with Gasteiger partial charge in [-0.1, -0.05) is 18.2 Å². The molecule has 0 fully saturated rings. The molecule has 0 N–H and O–H groups in total. The molecule has 0 atom stereocenters. The Labute approximate surface area is 141 Å². The minimum atomic E-state index is -0.446. The van der Waals surface area contributed by atoms with Crippen molar-refractivity contribution in [1.82, 2.24) is 0 Å². The first-order chi connectivity index (χ1) is 11.7. The predicted molar refractivity (Wildman–Crippen MR) is 91.4 cm³/mol. The maximum Gasteiger partial charge on any atom is 0.331 e. The molecule has 2 rings (SSSR count). The van der Waals surface area contributed by atoms with E-state index in [1.54, 1.807) is 39.5 Å². The lowest BCUT2D eigenvalue weighted by atomic mass is 10.1. The Hall–Kier alpha value is -2.95. The molecule has 0 saturated carbocycles. The topological polar surface area (TPSA) is 54.0 Å². The molecule has 2 aromatic rings. The summed E-state index contributed by atoms with van der Waals surface area (Å²) in [5.74, 6) is 1.54. The van der Waals surface area contributed by atoms with Crippen LogP contribution in [0.4, 0.5) is 0 Å². The third-order valence-electron chi connectivity index (χ3n) is 3.40. The van der Waals surface area contributed by atoms with Crippen molar-refractivity contribution in [3.63, 3.8) is 0 Å². The van der Waals surface area contributed by atoms with Crippen molar-refractivity contribution in [3.8, 4) is 17.2 Å². The fourth-order valence-corrected chi connectivity index (χ4v) is 2.13. The van der Waals surface area contributed by atoms with E-state index in [-0.39, 0.29) is 6.61 Å². The van der Waals surface area contributed by atoms with E-state index in [1.807, 2.05) is 30.3 Å². The molecule has 5 nitrogen and oxygen atoms in total. The van der Waals surface area contributed by atoms with Gasteiger partial charge in [-0.25, -0.2) is 4.79 Å². The number of hydrogen-bond donors (Lipinski definition) is 0. The van der Waals surface area contributed by atoms with Crippen LogP contribution in [0, 0.1) is 0 Å². The van der Waals surface area contributed by atoms with Gasteiger partial charge in [0.1, 0.15) is 23.9 Å². The monoisotopic (exact) mass is 328 g/mol. The van der Waals surface area contributed by atoms with E-state index < -0.39 is 5.97 Å². The standard InChI is InChI=1S/C19H20O5/c1-21-16-10-8-14(18(12-16)23-3)9-11-19(20)24-13-15-6-4-5-7-17(15)22-2/h4-12H,13H2,1-3H3/b11-9+. The lowest BCUT2D eigenvalue weighted by Crippen LogP contribution is -2.02. The molecule has 0 saturated heterocycles. The Morgan fingerprint density at radius 2 is 1.71 bits per heavy atom. The third kappa shape index (κ3) is 4.52. The van der Waals surface area contributed by atoms with Gasteiger partial charge >= 0.3 is 5.97 Å². The zero-order valence-electron chi connectivity index (χ0n) is 13.9. The van der Waals surface area contributed by atoms with Crippen molar-refractivity contribution < 1.29 is 23.7 Å². The largest absolute Gasteiger partial charge is 0.497 e. The van der Waals surface area contributed by atoms with Crippen LogP contribution >= 0.6 is 0 Å². The summed E-state index contributed by atoms with van der Waals surface area (Å²) in [6.45, 7) is 0.146. The molecule has 5 heteroatoms. The van der Waals surface area contributed by atoms with Gasteiger partial charge in [-0.3, -0.25) is 0 Å². The number of carbonyl (C=O) groups excluding carboxylic acids is 1. The van der Waals surface area contributed by atoms with Crippen LogP contribution in [0.1, 0.15) is 11.1 Å². The zero-order valence-corrected chi connectivity index (χ0v) is 13.9. The van der Waals surface area contributed by atoms with Gasteiger partial charge in [-0.15, -0.1) is 0 Å². The number of rotatable bonds is 7. The molecule has 126 valence electrons. The fourth-order valence-electron chi connectivity index (χ4n) is 2.13. The number of ether oxygens (including phenoxy) is 4. The van der Waals surface area contributed by atoms with Crippen LogP contribution < -0.4 is 14.2 Å². The molecule has 0 unspecified atom stereocenters. The number of benzene rings is 2. The fraction of sp³-hybridized carbons (Fsp3) is 0.211. The van der Waals surface area contributed by atoms with Gasteiger partial charge in [-0.05, 0) is 24.3 Å². The van der Waals surface area contributed by atoms with E-state index >= 15 is 0 Å². The highest BCUT2D eigenvalue weighted by molar-refractivity contribution is 5.87. The molecule has 0 aliphatic rings. The van der Waals surface area contributed by atoms with Crippen LogP contribution in [0.2, 0.25) is 0 Å². The van der Waals surface area contributed by atoms with E-state index in [1.165, 1.54) is 6.08 Å². The summed E-state index contributed by atoms with van der Waals surface area (Å²) >= 11 is 0. The number of methoxy groups -OCH3 is 3. The van der Waals surface area contributed by atoms with E-state index in [9.17, 15) is 4.79 Å². The Balaban J connectivity index is 2.00. The average molecular weight is 328 g/mol. The predicted octanol–water partition coefficient (Wildman–Crippen LogP) is 3.47. The van der Waals surface area contributed by atoms with Gasteiger partial charge in [0.2, 0.25) is 0 Å². The van der Waals surface area contributed by atoms with Gasteiger partial charge < -0.3 is 18.9 Å². The zero-order chi connectivity index (χ0) is 17.4. The van der Waals surface area contributed by atoms with Crippen molar-refractivity contribution in [2.45, 2.75) is 6.61 Å². The SMILES string of the molecule is COc1ccc(/C=C/C(=O)OCc2ccccc2OC)c(OC)c1. The molecular formula is C19H20O5. The first-order valence-corrected chi connectivity index (χ1v) is 7.36. The highest BCUT2D eigenvalue weighted by Gasteiger charge is 2.06. The quantitative estimate of drug-likeness (QED) is 0.575. The second kappa shape index (κ2) is 8.62. The number of hydrogen-bond acceptors (Lipinski definition) is 5. The molecule has 0 heterocycles. The minimum absolute atomic E-state index is 0.146.